The lowest BCUT2D eigenvalue weighted by molar-refractivity contribution is -0.137. The van der Waals surface area contributed by atoms with Gasteiger partial charge in [-0.15, -0.1) is 0 Å². The summed E-state index contributed by atoms with van der Waals surface area (Å²) >= 11 is 0. The number of carbonyl (C=O) groups is 1. The Bertz CT molecular complexity index is 235. The van der Waals surface area contributed by atoms with Crippen molar-refractivity contribution in [2.75, 3.05) is 32.8 Å². The van der Waals surface area contributed by atoms with E-state index >= 15 is 0 Å². The second kappa shape index (κ2) is 8.48. The smallest absolute Gasteiger partial charge is 0.303 e. The maximum absolute atomic E-state index is 10.5. The summed E-state index contributed by atoms with van der Waals surface area (Å²) in [6, 6.07) is 0. The number of hydrogen-bond donors (Lipinski definition) is 1. The zero-order valence-corrected chi connectivity index (χ0v) is 11.7. The molecule has 0 spiro atoms. The number of carboxylic acid groups (broad SMARTS) is 1. The van der Waals surface area contributed by atoms with Gasteiger partial charge in [-0.3, -0.25) is 4.79 Å². The van der Waals surface area contributed by atoms with Gasteiger partial charge in [-0.05, 0) is 44.2 Å². The second-order valence-electron chi connectivity index (χ2n) is 5.69. The SMILES string of the molecule is CC(C)COCCN1CCC(CCC(=O)O)CC1. The normalized spacial score (nSPS) is 18.4. The van der Waals surface area contributed by atoms with Gasteiger partial charge < -0.3 is 14.7 Å². The van der Waals surface area contributed by atoms with E-state index < -0.39 is 5.97 Å². The molecule has 1 heterocycles. The number of likely N-dealkylation sites (tertiary alicyclic amines) is 1. The van der Waals surface area contributed by atoms with E-state index in [1.165, 1.54) is 0 Å². The molecule has 0 bridgehead atoms. The summed E-state index contributed by atoms with van der Waals surface area (Å²) in [5.41, 5.74) is 0. The van der Waals surface area contributed by atoms with E-state index in [4.69, 9.17) is 9.84 Å². The van der Waals surface area contributed by atoms with Crippen LogP contribution in [-0.4, -0.2) is 48.8 Å². The second-order valence-corrected chi connectivity index (χ2v) is 5.69. The summed E-state index contributed by atoms with van der Waals surface area (Å²) in [5.74, 6) is 0.542. The Morgan fingerprint density at radius 2 is 2.06 bits per heavy atom. The van der Waals surface area contributed by atoms with Gasteiger partial charge in [-0.1, -0.05) is 13.8 Å². The molecule has 1 aliphatic heterocycles. The van der Waals surface area contributed by atoms with E-state index in [2.05, 4.69) is 18.7 Å². The summed E-state index contributed by atoms with van der Waals surface area (Å²) in [4.78, 5) is 12.9. The molecule has 106 valence electrons. The van der Waals surface area contributed by atoms with Crippen molar-refractivity contribution in [1.82, 2.24) is 4.90 Å². The summed E-state index contributed by atoms with van der Waals surface area (Å²) < 4.78 is 5.58. The molecule has 0 aromatic heterocycles. The fourth-order valence-electron chi connectivity index (χ4n) is 2.34. The molecular weight excluding hydrogens is 230 g/mol. The molecule has 1 N–H and O–H groups in total. The van der Waals surface area contributed by atoms with Crippen LogP contribution >= 0.6 is 0 Å². The van der Waals surface area contributed by atoms with Gasteiger partial charge in [0.05, 0.1) is 6.61 Å². The quantitative estimate of drug-likeness (QED) is 0.677. The van der Waals surface area contributed by atoms with Crippen LogP contribution in [0.2, 0.25) is 0 Å². The van der Waals surface area contributed by atoms with Gasteiger partial charge in [0.15, 0.2) is 0 Å². The van der Waals surface area contributed by atoms with Crippen LogP contribution in [0.15, 0.2) is 0 Å². The molecule has 0 unspecified atom stereocenters. The Morgan fingerprint density at radius 3 is 2.61 bits per heavy atom. The van der Waals surface area contributed by atoms with E-state index in [-0.39, 0.29) is 0 Å². The average molecular weight is 257 g/mol. The third kappa shape index (κ3) is 6.97. The minimum Gasteiger partial charge on any atom is -0.481 e. The van der Waals surface area contributed by atoms with Crippen molar-refractivity contribution in [2.45, 2.75) is 39.5 Å². The highest BCUT2D eigenvalue weighted by Gasteiger charge is 2.19. The average Bonchev–Trinajstić information content (AvgIpc) is 2.33. The van der Waals surface area contributed by atoms with Crippen molar-refractivity contribution in [2.24, 2.45) is 11.8 Å². The summed E-state index contributed by atoms with van der Waals surface area (Å²) in [5, 5.41) is 8.66. The summed E-state index contributed by atoms with van der Waals surface area (Å²) in [7, 11) is 0. The monoisotopic (exact) mass is 257 g/mol. The number of nitrogens with zero attached hydrogens (tertiary/aromatic N) is 1. The first kappa shape index (κ1) is 15.4. The minimum absolute atomic E-state index is 0.322. The van der Waals surface area contributed by atoms with Crippen molar-refractivity contribution in [3.63, 3.8) is 0 Å². The molecule has 4 heteroatoms. The highest BCUT2D eigenvalue weighted by atomic mass is 16.5. The number of rotatable bonds is 8. The van der Waals surface area contributed by atoms with Gasteiger partial charge in [0.25, 0.3) is 0 Å². The molecule has 0 aromatic rings. The highest BCUT2D eigenvalue weighted by Crippen LogP contribution is 2.21. The van der Waals surface area contributed by atoms with Crippen molar-refractivity contribution in [3.05, 3.63) is 0 Å². The van der Waals surface area contributed by atoms with Crippen LogP contribution in [0.3, 0.4) is 0 Å². The fourth-order valence-corrected chi connectivity index (χ4v) is 2.34. The number of ether oxygens (including phenoxy) is 1. The summed E-state index contributed by atoms with van der Waals surface area (Å²) in [6.07, 6.45) is 3.43. The van der Waals surface area contributed by atoms with Crippen LogP contribution in [0, 0.1) is 11.8 Å². The Morgan fingerprint density at radius 1 is 1.39 bits per heavy atom. The van der Waals surface area contributed by atoms with Crippen molar-refractivity contribution in [3.8, 4) is 0 Å². The highest BCUT2D eigenvalue weighted by molar-refractivity contribution is 5.66. The van der Waals surface area contributed by atoms with Crippen LogP contribution in [0.4, 0.5) is 0 Å². The van der Waals surface area contributed by atoms with Crippen molar-refractivity contribution in [1.29, 1.82) is 0 Å². The van der Waals surface area contributed by atoms with Crippen LogP contribution < -0.4 is 0 Å². The molecule has 0 aliphatic carbocycles. The lowest BCUT2D eigenvalue weighted by atomic mass is 9.92. The van der Waals surface area contributed by atoms with E-state index in [0.717, 1.165) is 52.1 Å². The van der Waals surface area contributed by atoms with Gasteiger partial charge in [0, 0.05) is 19.6 Å². The minimum atomic E-state index is -0.667. The van der Waals surface area contributed by atoms with E-state index in [1.54, 1.807) is 0 Å². The van der Waals surface area contributed by atoms with Gasteiger partial charge in [-0.2, -0.15) is 0 Å². The lowest BCUT2D eigenvalue weighted by Crippen LogP contribution is -2.36. The molecule has 1 saturated heterocycles. The van der Waals surface area contributed by atoms with E-state index in [0.29, 0.717) is 18.3 Å². The molecule has 0 saturated carbocycles. The third-order valence-electron chi connectivity index (χ3n) is 3.48. The predicted molar refractivity (Wildman–Crippen MR) is 71.7 cm³/mol. The Balaban J connectivity index is 2.03. The van der Waals surface area contributed by atoms with Crippen LogP contribution in [-0.2, 0) is 9.53 Å². The topological polar surface area (TPSA) is 49.8 Å². The molecule has 1 aliphatic rings. The van der Waals surface area contributed by atoms with Gasteiger partial charge in [0.1, 0.15) is 0 Å². The first-order valence-corrected chi connectivity index (χ1v) is 7.10. The first-order valence-electron chi connectivity index (χ1n) is 7.10. The number of hydrogen-bond acceptors (Lipinski definition) is 3. The fraction of sp³-hybridized carbons (Fsp3) is 0.929. The standard InChI is InChI=1S/C14H27NO3/c1-12(2)11-18-10-9-15-7-5-13(6-8-15)3-4-14(16)17/h12-13H,3-11H2,1-2H3,(H,16,17). The zero-order chi connectivity index (χ0) is 13.4. The van der Waals surface area contributed by atoms with Crippen LogP contribution in [0.25, 0.3) is 0 Å². The predicted octanol–water partition coefficient (Wildman–Crippen LogP) is 2.24. The zero-order valence-electron chi connectivity index (χ0n) is 11.7. The molecule has 0 amide bonds. The van der Waals surface area contributed by atoms with E-state index in [9.17, 15) is 4.79 Å². The van der Waals surface area contributed by atoms with Gasteiger partial charge in [0.2, 0.25) is 0 Å². The molecule has 1 rings (SSSR count). The first-order chi connectivity index (χ1) is 8.58. The number of carboxylic acids is 1. The number of piperidine rings is 1. The Labute approximate surface area is 110 Å². The van der Waals surface area contributed by atoms with Crippen LogP contribution in [0.5, 0.6) is 0 Å². The Kier molecular flexibility index (Phi) is 7.28. The molecular formula is C14H27NO3. The van der Waals surface area contributed by atoms with E-state index in [1.807, 2.05) is 0 Å². The van der Waals surface area contributed by atoms with Gasteiger partial charge >= 0.3 is 5.97 Å². The molecule has 0 radical (unpaired) electrons. The molecule has 18 heavy (non-hydrogen) atoms. The largest absolute Gasteiger partial charge is 0.481 e. The Hall–Kier alpha value is -0.610. The molecule has 4 nitrogen and oxygen atoms in total. The van der Waals surface area contributed by atoms with Crippen molar-refractivity contribution >= 4 is 5.97 Å². The number of aliphatic carboxylic acids is 1. The van der Waals surface area contributed by atoms with Gasteiger partial charge in [-0.25, -0.2) is 0 Å². The molecule has 0 atom stereocenters. The third-order valence-corrected chi connectivity index (χ3v) is 3.48. The molecule has 0 aromatic carbocycles. The summed E-state index contributed by atoms with van der Waals surface area (Å²) in [6.45, 7) is 9.18. The van der Waals surface area contributed by atoms with Crippen LogP contribution in [0.1, 0.15) is 39.5 Å². The molecule has 1 fully saturated rings. The lowest BCUT2D eigenvalue weighted by Gasteiger charge is -2.31. The maximum Gasteiger partial charge on any atom is 0.303 e. The maximum atomic E-state index is 10.5. The van der Waals surface area contributed by atoms with Crippen molar-refractivity contribution < 1.29 is 14.6 Å².